The second-order valence-electron chi connectivity index (χ2n) is 17.3. The van der Waals surface area contributed by atoms with Gasteiger partial charge in [0, 0.05) is 67.7 Å². The molecule has 15 nitrogen and oxygen atoms in total. The van der Waals surface area contributed by atoms with Gasteiger partial charge in [-0.3, -0.25) is 24.6 Å². The molecule has 3 amide bonds. The van der Waals surface area contributed by atoms with Crippen molar-refractivity contribution in [3.63, 3.8) is 0 Å². The standard InChI is InChI=1S/C48H57ClN9O6P/c1-63-41-30-34(15-16-38(41)53-47-51-31-37(49)44(55-47)52-39-13-4-5-14-42(39)65(2,3)62)48(19-21-50-22-20-48)57-26-24-56(25-27-57)23-6-7-28-64-29-9-11-33-10-8-12-35-36(33)32-58(46(35)61)40-17-18-43(59)54-45(40)60/h4-5,8,10,12-16,30-31,40,50H,6-7,17-29,32H2,1-3H3,(H,54,59,60)(H2,51,52,53,55). The first kappa shape index (κ1) is 46.2. The fourth-order valence-electron chi connectivity index (χ4n) is 9.42. The van der Waals surface area contributed by atoms with E-state index in [4.69, 9.17) is 21.1 Å². The maximum atomic E-state index is 13.1. The Labute approximate surface area is 385 Å². The van der Waals surface area contributed by atoms with Gasteiger partial charge in [0.25, 0.3) is 5.91 Å². The molecule has 0 radical (unpaired) electrons. The van der Waals surface area contributed by atoms with Crippen molar-refractivity contribution in [2.24, 2.45) is 0 Å². The summed E-state index contributed by atoms with van der Waals surface area (Å²) in [5.74, 6) is 6.80. The number of benzene rings is 3. The minimum atomic E-state index is -2.56. The van der Waals surface area contributed by atoms with Crippen molar-refractivity contribution in [1.82, 2.24) is 35.3 Å². The third-order valence-corrected chi connectivity index (χ3v) is 14.7. The van der Waals surface area contributed by atoms with Gasteiger partial charge in [-0.15, -0.1) is 0 Å². The minimum Gasteiger partial charge on any atom is -0.495 e. The van der Waals surface area contributed by atoms with Gasteiger partial charge in [-0.05, 0) is 113 Å². The Morgan fingerprint density at radius 3 is 2.54 bits per heavy atom. The van der Waals surface area contributed by atoms with Crippen molar-refractivity contribution in [3.05, 3.63) is 94.1 Å². The molecular weight excluding hydrogens is 865 g/mol. The number of carbonyl (C=O) groups is 3. The van der Waals surface area contributed by atoms with Crippen LogP contribution in [0.2, 0.25) is 5.02 Å². The van der Waals surface area contributed by atoms with E-state index in [9.17, 15) is 18.9 Å². The summed E-state index contributed by atoms with van der Waals surface area (Å²) in [6.07, 6.45) is 6.04. The van der Waals surface area contributed by atoms with E-state index in [0.717, 1.165) is 93.6 Å². The van der Waals surface area contributed by atoms with E-state index in [2.05, 4.69) is 65.0 Å². The van der Waals surface area contributed by atoms with Gasteiger partial charge >= 0.3 is 0 Å². The van der Waals surface area contributed by atoms with E-state index in [1.165, 1.54) is 5.56 Å². The molecule has 3 aromatic carbocycles. The Morgan fingerprint density at radius 1 is 0.969 bits per heavy atom. The molecule has 1 unspecified atom stereocenters. The molecule has 4 aromatic rings. The Bertz CT molecular complexity index is 2530. The second-order valence-corrected chi connectivity index (χ2v) is 20.9. The number of hydrogen-bond acceptors (Lipinski definition) is 13. The van der Waals surface area contributed by atoms with E-state index < -0.39 is 19.1 Å². The summed E-state index contributed by atoms with van der Waals surface area (Å²) < 4.78 is 24.8. The number of unbranched alkanes of at least 4 members (excludes halogenated alkanes) is 1. The lowest BCUT2D eigenvalue weighted by Crippen LogP contribution is -2.58. The molecule has 3 fully saturated rings. The number of fused-ring (bicyclic) bond motifs is 1. The lowest BCUT2D eigenvalue weighted by Gasteiger charge is -2.50. The molecule has 5 heterocycles. The number of ether oxygens (including phenoxy) is 2. The van der Waals surface area contributed by atoms with E-state index in [-0.39, 0.29) is 23.8 Å². The highest BCUT2D eigenvalue weighted by molar-refractivity contribution is 7.70. The monoisotopic (exact) mass is 921 g/mol. The summed E-state index contributed by atoms with van der Waals surface area (Å²) in [6, 6.07) is 18.7. The molecule has 4 aliphatic heterocycles. The summed E-state index contributed by atoms with van der Waals surface area (Å²) >= 11 is 6.54. The smallest absolute Gasteiger partial charge is 0.255 e. The lowest BCUT2D eigenvalue weighted by atomic mass is 9.79. The van der Waals surface area contributed by atoms with E-state index in [1.807, 2.05) is 42.5 Å². The molecular formula is C48H57ClN9O6P. The first-order valence-corrected chi connectivity index (χ1v) is 25.3. The van der Waals surface area contributed by atoms with Gasteiger partial charge in [-0.2, -0.15) is 4.98 Å². The van der Waals surface area contributed by atoms with Gasteiger partial charge in [0.2, 0.25) is 17.8 Å². The van der Waals surface area contributed by atoms with Crippen molar-refractivity contribution in [2.75, 3.05) is 90.1 Å². The van der Waals surface area contributed by atoms with Crippen molar-refractivity contribution >= 4 is 64.9 Å². The van der Waals surface area contributed by atoms with E-state index in [1.54, 1.807) is 37.6 Å². The van der Waals surface area contributed by atoms with Gasteiger partial charge in [-0.1, -0.05) is 47.7 Å². The highest BCUT2D eigenvalue weighted by atomic mass is 35.5. The van der Waals surface area contributed by atoms with Gasteiger partial charge in [-0.25, -0.2) is 4.98 Å². The number of hydrogen-bond donors (Lipinski definition) is 4. The normalized spacial score (nSPS) is 19.0. The number of carbonyl (C=O) groups excluding carboxylic acids is 3. The number of amides is 3. The molecule has 0 saturated carbocycles. The zero-order chi connectivity index (χ0) is 45.6. The van der Waals surface area contributed by atoms with Crippen LogP contribution >= 0.6 is 18.7 Å². The molecule has 0 aliphatic carbocycles. The van der Waals surface area contributed by atoms with Gasteiger partial charge in [0.15, 0.2) is 5.82 Å². The van der Waals surface area contributed by atoms with Crippen LogP contribution in [0.5, 0.6) is 5.75 Å². The van der Waals surface area contributed by atoms with E-state index in [0.29, 0.717) is 60.0 Å². The quantitative estimate of drug-likeness (QED) is 0.0498. The zero-order valence-electron chi connectivity index (χ0n) is 37.3. The third kappa shape index (κ3) is 10.5. The molecule has 65 heavy (non-hydrogen) atoms. The number of nitrogens with one attached hydrogen (secondary N) is 4. The van der Waals surface area contributed by atoms with Gasteiger partial charge in [0.1, 0.15) is 30.6 Å². The molecule has 0 spiro atoms. The number of nitrogens with zero attached hydrogens (tertiary/aromatic N) is 5. The Hall–Kier alpha value is -5.33. The zero-order valence-corrected chi connectivity index (χ0v) is 38.9. The molecule has 342 valence electrons. The molecule has 17 heteroatoms. The number of methoxy groups -OCH3 is 1. The number of halogens is 1. The average molecular weight is 922 g/mol. The number of piperazine rings is 1. The van der Waals surface area contributed by atoms with Crippen LogP contribution in [-0.2, 0) is 31.0 Å². The van der Waals surface area contributed by atoms with Crippen LogP contribution in [0, 0.1) is 11.8 Å². The number of piperidine rings is 2. The van der Waals surface area contributed by atoms with Crippen LogP contribution in [0.1, 0.15) is 65.6 Å². The maximum Gasteiger partial charge on any atom is 0.255 e. The highest BCUT2D eigenvalue weighted by Crippen LogP contribution is 2.42. The van der Waals surface area contributed by atoms with Crippen LogP contribution < -0.4 is 31.3 Å². The molecule has 4 N–H and O–H groups in total. The predicted molar refractivity (Wildman–Crippen MR) is 253 cm³/mol. The predicted octanol–water partition coefficient (Wildman–Crippen LogP) is 5.68. The van der Waals surface area contributed by atoms with Crippen molar-refractivity contribution < 1.29 is 28.4 Å². The van der Waals surface area contributed by atoms with Crippen LogP contribution in [0.25, 0.3) is 0 Å². The Balaban J connectivity index is 0.817. The van der Waals surface area contributed by atoms with Crippen LogP contribution in [0.3, 0.4) is 0 Å². The highest BCUT2D eigenvalue weighted by Gasteiger charge is 2.42. The van der Waals surface area contributed by atoms with E-state index >= 15 is 0 Å². The number of aromatic nitrogens is 2. The Morgan fingerprint density at radius 2 is 1.77 bits per heavy atom. The summed E-state index contributed by atoms with van der Waals surface area (Å²) in [5.41, 5.74) is 4.65. The molecule has 0 bridgehead atoms. The molecule has 1 atom stereocenters. The van der Waals surface area contributed by atoms with Crippen LogP contribution in [-0.4, -0.2) is 128 Å². The minimum absolute atomic E-state index is 0.125. The topological polar surface area (TPSA) is 170 Å². The summed E-state index contributed by atoms with van der Waals surface area (Å²) in [4.78, 5) is 53.1. The summed E-state index contributed by atoms with van der Waals surface area (Å²) in [7, 11) is -0.885. The maximum absolute atomic E-state index is 13.1. The van der Waals surface area contributed by atoms with Crippen LogP contribution in [0.15, 0.2) is 66.9 Å². The largest absolute Gasteiger partial charge is 0.495 e. The first-order valence-electron chi connectivity index (χ1n) is 22.3. The van der Waals surface area contributed by atoms with Gasteiger partial charge < -0.3 is 39.8 Å². The number of anilines is 4. The first-order chi connectivity index (χ1) is 31.4. The van der Waals surface area contributed by atoms with Crippen molar-refractivity contribution in [2.45, 2.75) is 56.7 Å². The Kier molecular flexibility index (Phi) is 14.5. The third-order valence-electron chi connectivity index (χ3n) is 12.9. The molecule has 3 saturated heterocycles. The molecule has 8 rings (SSSR count). The van der Waals surface area contributed by atoms with Gasteiger partial charge in [0.05, 0.1) is 24.7 Å². The average Bonchev–Trinajstić information content (AvgIpc) is 3.64. The molecule has 1 aromatic heterocycles. The summed E-state index contributed by atoms with van der Waals surface area (Å²) in [5, 5.41) is 13.6. The number of imide groups is 1. The fourth-order valence-corrected chi connectivity index (χ4v) is 10.7. The number of rotatable bonds is 15. The second kappa shape index (κ2) is 20.5. The summed E-state index contributed by atoms with van der Waals surface area (Å²) in [6.45, 7) is 11.5. The SMILES string of the molecule is COc1cc(C2(N3CCN(CCCCOCC#Cc4cccc5c4CN(C4CCC(=O)NC4=O)C5=O)CC3)CCNCC2)ccc1Nc1ncc(Cl)c(Nc2ccccc2P(C)(C)=O)n1. The fraction of sp³-hybridized carbons (Fsp3) is 0.438. The lowest BCUT2D eigenvalue weighted by molar-refractivity contribution is -0.136. The number of para-hydroxylation sites is 1. The van der Waals surface area contributed by atoms with Crippen molar-refractivity contribution in [3.8, 4) is 17.6 Å². The van der Waals surface area contributed by atoms with Crippen molar-refractivity contribution in [1.29, 1.82) is 0 Å². The van der Waals surface area contributed by atoms with Crippen LogP contribution in [0.4, 0.5) is 23.1 Å². The molecule has 4 aliphatic rings.